The fourth-order valence-electron chi connectivity index (χ4n) is 2.59. The zero-order valence-electron chi connectivity index (χ0n) is 14.4. The zero-order chi connectivity index (χ0) is 21.3. The van der Waals surface area contributed by atoms with Crippen LogP contribution in [0.15, 0.2) is 55.1 Å². The lowest BCUT2D eigenvalue weighted by molar-refractivity contribution is -0.140. The molecular formula is C20H14F8. The first-order valence-electron chi connectivity index (χ1n) is 7.87. The third-order valence-corrected chi connectivity index (χ3v) is 3.96. The van der Waals surface area contributed by atoms with Gasteiger partial charge in [0.1, 0.15) is 17.6 Å². The summed E-state index contributed by atoms with van der Waals surface area (Å²) in [4.78, 5) is 0. The van der Waals surface area contributed by atoms with Crippen LogP contribution in [0.5, 0.6) is 0 Å². The Balaban J connectivity index is 2.55. The molecule has 0 aromatic heterocycles. The van der Waals surface area contributed by atoms with Crippen molar-refractivity contribution < 1.29 is 35.1 Å². The van der Waals surface area contributed by atoms with Crippen molar-refractivity contribution >= 4 is 11.4 Å². The predicted octanol–water partition coefficient (Wildman–Crippen LogP) is 7.53. The number of alkyl halides is 6. The van der Waals surface area contributed by atoms with E-state index >= 15 is 0 Å². The van der Waals surface area contributed by atoms with Crippen LogP contribution in [0.25, 0.3) is 11.4 Å². The molecule has 8 heteroatoms. The summed E-state index contributed by atoms with van der Waals surface area (Å²) in [5.41, 5.74) is -2.52. The number of hydrogen-bond donors (Lipinski definition) is 0. The van der Waals surface area contributed by atoms with Gasteiger partial charge in [0.05, 0.1) is 5.56 Å². The van der Waals surface area contributed by atoms with Gasteiger partial charge in [-0.05, 0) is 42.3 Å². The van der Waals surface area contributed by atoms with Gasteiger partial charge in [-0.3, -0.25) is 0 Å². The molecule has 28 heavy (non-hydrogen) atoms. The Morgan fingerprint density at radius 3 is 2.00 bits per heavy atom. The van der Waals surface area contributed by atoms with E-state index in [2.05, 4.69) is 6.58 Å². The second-order valence-corrected chi connectivity index (χ2v) is 6.12. The highest BCUT2D eigenvalue weighted by Crippen LogP contribution is 2.40. The second kappa shape index (κ2) is 7.77. The predicted molar refractivity (Wildman–Crippen MR) is 90.4 cm³/mol. The van der Waals surface area contributed by atoms with E-state index in [1.54, 1.807) is 0 Å². The molecule has 0 nitrogen and oxygen atoms in total. The standard InChI is InChI=1S/C20H14F8/c1-11(2)15-8-5-13(9-17(15)20(26,27)28)18(22)10-16(19(23,24)25)12-3-6-14(21)7-4-12/h3-10,16H,1H2,2H3/b18-10-. The number of rotatable bonds is 4. The Morgan fingerprint density at radius 1 is 0.964 bits per heavy atom. The minimum atomic E-state index is -4.93. The number of allylic oxidation sites excluding steroid dienone is 2. The minimum Gasteiger partial charge on any atom is -0.207 e. The summed E-state index contributed by atoms with van der Waals surface area (Å²) in [6, 6.07) is 5.57. The molecule has 0 fully saturated rings. The highest BCUT2D eigenvalue weighted by molar-refractivity contribution is 5.70. The lowest BCUT2D eigenvalue weighted by atomic mass is 9.94. The van der Waals surface area contributed by atoms with Gasteiger partial charge in [-0.15, -0.1) is 0 Å². The molecule has 0 radical (unpaired) electrons. The highest BCUT2D eigenvalue weighted by atomic mass is 19.4. The molecule has 2 rings (SSSR count). The zero-order valence-corrected chi connectivity index (χ0v) is 14.4. The number of hydrogen-bond acceptors (Lipinski definition) is 0. The van der Waals surface area contributed by atoms with E-state index in [9.17, 15) is 35.1 Å². The van der Waals surface area contributed by atoms with Gasteiger partial charge < -0.3 is 0 Å². The van der Waals surface area contributed by atoms with Gasteiger partial charge >= 0.3 is 12.4 Å². The van der Waals surface area contributed by atoms with Crippen molar-refractivity contribution in [3.8, 4) is 0 Å². The summed E-state index contributed by atoms with van der Waals surface area (Å²) in [5, 5.41) is 0. The maximum atomic E-state index is 14.5. The highest BCUT2D eigenvalue weighted by Gasteiger charge is 2.40. The number of halogens is 8. The van der Waals surface area contributed by atoms with Crippen molar-refractivity contribution in [1.29, 1.82) is 0 Å². The molecule has 150 valence electrons. The Labute approximate surface area is 155 Å². The normalized spacial score (nSPS) is 14.1. The Hall–Kier alpha value is -2.64. The van der Waals surface area contributed by atoms with E-state index in [1.165, 1.54) is 6.92 Å². The van der Waals surface area contributed by atoms with Crippen molar-refractivity contribution in [3.05, 3.63) is 83.2 Å². The topological polar surface area (TPSA) is 0 Å². The minimum absolute atomic E-state index is 0.0720. The fraction of sp³-hybridized carbons (Fsp3) is 0.200. The van der Waals surface area contributed by atoms with Gasteiger partial charge in [-0.25, -0.2) is 8.78 Å². The van der Waals surface area contributed by atoms with Crippen molar-refractivity contribution in [2.75, 3.05) is 0 Å². The second-order valence-electron chi connectivity index (χ2n) is 6.12. The van der Waals surface area contributed by atoms with Crippen LogP contribution in [0.2, 0.25) is 0 Å². The molecule has 0 aliphatic rings. The van der Waals surface area contributed by atoms with E-state index in [1.807, 2.05) is 0 Å². The van der Waals surface area contributed by atoms with Crippen LogP contribution < -0.4 is 0 Å². The van der Waals surface area contributed by atoms with E-state index < -0.39 is 46.6 Å². The van der Waals surface area contributed by atoms with Crippen LogP contribution in [0, 0.1) is 5.82 Å². The molecule has 0 saturated carbocycles. The van der Waals surface area contributed by atoms with Gasteiger partial charge in [0.2, 0.25) is 0 Å². The quantitative estimate of drug-likeness (QED) is 0.460. The fourth-order valence-corrected chi connectivity index (χ4v) is 2.59. The first-order valence-corrected chi connectivity index (χ1v) is 7.87. The Bertz CT molecular complexity index is 886. The third-order valence-electron chi connectivity index (χ3n) is 3.96. The molecule has 1 atom stereocenters. The smallest absolute Gasteiger partial charge is 0.207 e. The van der Waals surface area contributed by atoms with Crippen LogP contribution >= 0.6 is 0 Å². The molecular weight excluding hydrogens is 392 g/mol. The number of benzene rings is 2. The van der Waals surface area contributed by atoms with Gasteiger partial charge in [0.15, 0.2) is 0 Å². The molecule has 1 unspecified atom stereocenters. The van der Waals surface area contributed by atoms with E-state index in [0.717, 1.165) is 36.4 Å². The first kappa shape index (κ1) is 21.7. The van der Waals surface area contributed by atoms with Crippen LogP contribution in [-0.2, 0) is 6.18 Å². The van der Waals surface area contributed by atoms with Crippen LogP contribution in [0.4, 0.5) is 35.1 Å². The summed E-state index contributed by atoms with van der Waals surface area (Å²) in [6.45, 7) is 4.74. The molecule has 0 amide bonds. The van der Waals surface area contributed by atoms with Gasteiger partial charge in [-0.1, -0.05) is 36.4 Å². The molecule has 0 heterocycles. The molecule has 2 aromatic carbocycles. The van der Waals surface area contributed by atoms with Crippen LogP contribution in [0.1, 0.15) is 35.1 Å². The van der Waals surface area contributed by atoms with Crippen LogP contribution in [-0.4, -0.2) is 6.18 Å². The molecule has 0 aliphatic carbocycles. The third kappa shape index (κ3) is 4.99. The van der Waals surface area contributed by atoms with E-state index in [-0.39, 0.29) is 17.2 Å². The van der Waals surface area contributed by atoms with Gasteiger partial charge in [0.25, 0.3) is 0 Å². The maximum absolute atomic E-state index is 14.5. The summed E-state index contributed by atoms with van der Waals surface area (Å²) in [6.07, 6.45) is -9.60. The molecule has 2 aromatic rings. The summed E-state index contributed by atoms with van der Waals surface area (Å²) >= 11 is 0. The maximum Gasteiger partial charge on any atom is 0.417 e. The van der Waals surface area contributed by atoms with E-state index in [4.69, 9.17) is 0 Å². The molecule has 0 aliphatic heterocycles. The molecule has 0 spiro atoms. The van der Waals surface area contributed by atoms with Crippen molar-refractivity contribution in [1.82, 2.24) is 0 Å². The average molecular weight is 406 g/mol. The lowest BCUT2D eigenvalue weighted by Gasteiger charge is -2.18. The average Bonchev–Trinajstić information content (AvgIpc) is 2.58. The monoisotopic (exact) mass is 406 g/mol. The first-order chi connectivity index (χ1) is 12.8. The largest absolute Gasteiger partial charge is 0.417 e. The van der Waals surface area contributed by atoms with Crippen molar-refractivity contribution in [2.24, 2.45) is 0 Å². The van der Waals surface area contributed by atoms with Gasteiger partial charge in [-0.2, -0.15) is 26.3 Å². The molecule has 0 saturated heterocycles. The molecule has 0 bridgehead atoms. The molecule has 0 N–H and O–H groups in total. The Kier molecular flexibility index (Phi) is 6.01. The summed E-state index contributed by atoms with van der Waals surface area (Å²) < 4.78 is 107. The SMILES string of the molecule is C=C(C)c1ccc(/C(F)=C/C(c2ccc(F)cc2)C(F)(F)F)cc1C(F)(F)F. The van der Waals surface area contributed by atoms with Crippen LogP contribution in [0.3, 0.4) is 0 Å². The lowest BCUT2D eigenvalue weighted by Crippen LogP contribution is -2.19. The van der Waals surface area contributed by atoms with Gasteiger partial charge in [0, 0.05) is 5.56 Å². The van der Waals surface area contributed by atoms with E-state index in [0.29, 0.717) is 6.07 Å². The van der Waals surface area contributed by atoms with Crippen molar-refractivity contribution in [2.45, 2.75) is 25.2 Å². The Morgan fingerprint density at radius 2 is 1.54 bits per heavy atom. The summed E-state index contributed by atoms with van der Waals surface area (Å²) in [7, 11) is 0. The van der Waals surface area contributed by atoms with Crippen molar-refractivity contribution in [3.63, 3.8) is 0 Å². The summed E-state index contributed by atoms with van der Waals surface area (Å²) in [5.74, 6) is -4.71.